The lowest BCUT2D eigenvalue weighted by Crippen LogP contribution is -2.04. The third-order valence-electron chi connectivity index (χ3n) is 5.41. The van der Waals surface area contributed by atoms with Crippen molar-refractivity contribution in [1.82, 2.24) is 29.5 Å². The number of anilines is 1. The summed E-state index contributed by atoms with van der Waals surface area (Å²) in [6.45, 7) is 3.59. The van der Waals surface area contributed by atoms with Gasteiger partial charge >= 0.3 is 0 Å². The van der Waals surface area contributed by atoms with Gasteiger partial charge in [0.2, 0.25) is 5.95 Å². The molecule has 5 rings (SSSR count). The fourth-order valence-corrected chi connectivity index (χ4v) is 5.07. The van der Waals surface area contributed by atoms with Crippen molar-refractivity contribution < 1.29 is 13.0 Å². The molecule has 0 saturated carbocycles. The molecule has 0 bridgehead atoms. The summed E-state index contributed by atoms with van der Waals surface area (Å²) in [5, 5.41) is 10.1. The van der Waals surface area contributed by atoms with Crippen LogP contribution in [0.15, 0.2) is 53.4 Å². The predicted molar refractivity (Wildman–Crippen MR) is 133 cm³/mol. The molecule has 3 heterocycles. The first-order valence-corrected chi connectivity index (χ1v) is 12.4. The fourth-order valence-electron chi connectivity index (χ4n) is 3.88. The monoisotopic (exact) mass is 529 g/mol. The topological polar surface area (TPSA) is 142 Å². The molecule has 0 unspecified atom stereocenters. The second-order valence-electron chi connectivity index (χ2n) is 7.71. The van der Waals surface area contributed by atoms with Gasteiger partial charge in [-0.2, -0.15) is 23.6 Å². The van der Waals surface area contributed by atoms with Crippen LogP contribution in [0.4, 0.5) is 5.95 Å². The molecule has 5 aromatic rings. The Bertz CT molecular complexity index is 1730. The number of hydrogen-bond donors (Lipinski definition) is 2. The average molecular weight is 530 g/mol. The molecule has 0 aliphatic carbocycles. The summed E-state index contributed by atoms with van der Waals surface area (Å²) in [4.78, 5) is 8.49. The minimum absolute atomic E-state index is 0.0257. The maximum atomic E-state index is 11.5. The Balaban J connectivity index is 1.75. The summed E-state index contributed by atoms with van der Waals surface area (Å²) in [5.74, 6) is -0.0257. The third-order valence-corrected chi connectivity index (χ3v) is 6.91. The molecule has 0 amide bonds. The average Bonchev–Trinajstić information content (AvgIpc) is 3.28. The van der Waals surface area contributed by atoms with Gasteiger partial charge in [0, 0.05) is 0 Å². The van der Waals surface area contributed by atoms with Gasteiger partial charge in [0.1, 0.15) is 5.15 Å². The molecule has 3 aromatic heterocycles. The summed E-state index contributed by atoms with van der Waals surface area (Å²) in [6.07, 6.45) is 0. The standard InChI is InChI=1S/C22H17Cl2N7O3S/c1-11-17(20(24)30(28-11)13-6-4-3-5-7-13)19-18-12(2)29-31(21(18)27-22(25)26-19)16-9-8-14(10-15(16)23)35(32,33)34/h3-10H,1-2H3,(H2,25,26,27)(H,32,33,34). The van der Waals surface area contributed by atoms with Gasteiger partial charge in [-0.05, 0) is 44.2 Å². The third kappa shape index (κ3) is 3.92. The number of para-hydroxylation sites is 1. The van der Waals surface area contributed by atoms with E-state index in [-0.39, 0.29) is 15.9 Å². The molecule has 178 valence electrons. The van der Waals surface area contributed by atoms with E-state index in [4.69, 9.17) is 28.9 Å². The molecule has 0 fully saturated rings. The molecular weight excluding hydrogens is 513 g/mol. The van der Waals surface area contributed by atoms with Crippen molar-refractivity contribution in [3.63, 3.8) is 0 Å². The molecule has 0 radical (unpaired) electrons. The van der Waals surface area contributed by atoms with E-state index in [1.54, 1.807) is 11.6 Å². The number of nitrogen functional groups attached to an aromatic ring is 1. The Morgan fingerprint density at radius 1 is 0.943 bits per heavy atom. The molecule has 3 N–H and O–H groups in total. The van der Waals surface area contributed by atoms with Crippen LogP contribution in [0, 0.1) is 13.8 Å². The number of aromatic nitrogens is 6. The van der Waals surface area contributed by atoms with Gasteiger partial charge in [0.25, 0.3) is 10.1 Å². The summed E-state index contributed by atoms with van der Waals surface area (Å²) >= 11 is 13.1. The minimum atomic E-state index is -4.42. The Morgan fingerprint density at radius 2 is 1.63 bits per heavy atom. The van der Waals surface area contributed by atoms with Crippen LogP contribution in [0.1, 0.15) is 11.4 Å². The highest BCUT2D eigenvalue weighted by atomic mass is 35.5. The Labute approximate surface area is 209 Å². The number of benzene rings is 2. The van der Waals surface area contributed by atoms with E-state index < -0.39 is 10.1 Å². The van der Waals surface area contributed by atoms with Crippen molar-refractivity contribution in [3.8, 4) is 22.6 Å². The highest BCUT2D eigenvalue weighted by Crippen LogP contribution is 2.38. The number of halogens is 2. The molecule has 0 spiro atoms. The zero-order valence-corrected chi connectivity index (χ0v) is 20.6. The lowest BCUT2D eigenvalue weighted by atomic mass is 10.1. The van der Waals surface area contributed by atoms with Gasteiger partial charge in [-0.25, -0.2) is 14.3 Å². The van der Waals surface area contributed by atoms with Gasteiger partial charge in [-0.3, -0.25) is 4.55 Å². The van der Waals surface area contributed by atoms with E-state index in [2.05, 4.69) is 20.2 Å². The first-order chi connectivity index (χ1) is 16.6. The first-order valence-electron chi connectivity index (χ1n) is 10.2. The van der Waals surface area contributed by atoms with Crippen molar-refractivity contribution in [2.45, 2.75) is 18.7 Å². The van der Waals surface area contributed by atoms with Crippen LogP contribution in [0.3, 0.4) is 0 Å². The second kappa shape index (κ2) is 8.31. The highest BCUT2D eigenvalue weighted by molar-refractivity contribution is 7.85. The highest BCUT2D eigenvalue weighted by Gasteiger charge is 2.25. The van der Waals surface area contributed by atoms with Gasteiger partial charge in [-0.15, -0.1) is 0 Å². The van der Waals surface area contributed by atoms with E-state index in [0.29, 0.717) is 44.5 Å². The number of fused-ring (bicyclic) bond motifs is 1. The summed E-state index contributed by atoms with van der Waals surface area (Å²) in [5.41, 5.74) is 9.75. The van der Waals surface area contributed by atoms with Crippen molar-refractivity contribution >= 4 is 50.3 Å². The van der Waals surface area contributed by atoms with Crippen LogP contribution in [0.25, 0.3) is 33.7 Å². The number of nitrogens with zero attached hydrogens (tertiary/aromatic N) is 6. The van der Waals surface area contributed by atoms with Crippen molar-refractivity contribution in [2.75, 3.05) is 5.73 Å². The SMILES string of the molecule is Cc1nn(-c2ccccc2)c(Cl)c1-c1nc(N)nc2c1c(C)nn2-c1ccc(S(=O)(=O)O)cc1Cl. The first kappa shape index (κ1) is 23.2. The van der Waals surface area contributed by atoms with Crippen LogP contribution in [0.2, 0.25) is 10.2 Å². The number of hydrogen-bond acceptors (Lipinski definition) is 7. The maximum Gasteiger partial charge on any atom is 0.294 e. The van der Waals surface area contributed by atoms with E-state index in [1.807, 2.05) is 37.3 Å². The molecule has 0 aliphatic heterocycles. The zero-order valence-electron chi connectivity index (χ0n) is 18.3. The van der Waals surface area contributed by atoms with Crippen LogP contribution in [0.5, 0.6) is 0 Å². The largest absolute Gasteiger partial charge is 0.368 e. The van der Waals surface area contributed by atoms with E-state index >= 15 is 0 Å². The zero-order chi connectivity index (χ0) is 25.1. The summed E-state index contributed by atoms with van der Waals surface area (Å²) in [7, 11) is -4.42. The Morgan fingerprint density at radius 3 is 2.29 bits per heavy atom. The smallest absolute Gasteiger partial charge is 0.294 e. The van der Waals surface area contributed by atoms with E-state index in [0.717, 1.165) is 11.8 Å². The number of rotatable bonds is 4. The Hall–Kier alpha value is -3.51. The molecular formula is C22H17Cl2N7O3S. The van der Waals surface area contributed by atoms with Crippen molar-refractivity contribution in [2.24, 2.45) is 0 Å². The summed E-state index contributed by atoms with van der Waals surface area (Å²) in [6, 6.07) is 13.2. The minimum Gasteiger partial charge on any atom is -0.368 e. The molecule has 35 heavy (non-hydrogen) atoms. The van der Waals surface area contributed by atoms with E-state index in [9.17, 15) is 13.0 Å². The second-order valence-corrected chi connectivity index (χ2v) is 9.90. The van der Waals surface area contributed by atoms with Crippen LogP contribution in [-0.2, 0) is 10.1 Å². The summed E-state index contributed by atoms with van der Waals surface area (Å²) < 4.78 is 35.3. The Kier molecular flexibility index (Phi) is 5.52. The van der Waals surface area contributed by atoms with Gasteiger partial charge in [0.05, 0.1) is 49.3 Å². The molecule has 2 aromatic carbocycles. The molecule has 13 heteroatoms. The molecule has 10 nitrogen and oxygen atoms in total. The fraction of sp³-hybridized carbons (Fsp3) is 0.0909. The van der Waals surface area contributed by atoms with Gasteiger partial charge in [0.15, 0.2) is 5.65 Å². The van der Waals surface area contributed by atoms with Crippen LogP contribution < -0.4 is 5.73 Å². The molecule has 0 aliphatic rings. The molecule has 0 atom stereocenters. The van der Waals surface area contributed by atoms with Gasteiger partial charge < -0.3 is 5.73 Å². The van der Waals surface area contributed by atoms with Gasteiger partial charge in [-0.1, -0.05) is 41.4 Å². The van der Waals surface area contributed by atoms with Crippen LogP contribution >= 0.6 is 23.2 Å². The lowest BCUT2D eigenvalue weighted by molar-refractivity contribution is 0.483. The number of nitrogens with two attached hydrogens (primary N) is 1. The molecule has 0 saturated heterocycles. The maximum absolute atomic E-state index is 11.5. The lowest BCUT2D eigenvalue weighted by Gasteiger charge is -2.08. The number of aryl methyl sites for hydroxylation is 2. The van der Waals surface area contributed by atoms with Crippen LogP contribution in [-0.4, -0.2) is 42.5 Å². The van der Waals surface area contributed by atoms with Crippen molar-refractivity contribution in [1.29, 1.82) is 0 Å². The van der Waals surface area contributed by atoms with E-state index in [1.165, 1.54) is 16.8 Å². The quantitative estimate of drug-likeness (QED) is 0.325. The predicted octanol–water partition coefficient (Wildman–Crippen LogP) is 4.42. The normalized spacial score (nSPS) is 11.9. The van der Waals surface area contributed by atoms with Crippen molar-refractivity contribution in [3.05, 3.63) is 70.1 Å².